The molecule has 0 bridgehead atoms. The second-order valence-corrected chi connectivity index (χ2v) is 8.10. The third kappa shape index (κ3) is 4.12. The van der Waals surface area contributed by atoms with Crippen molar-refractivity contribution in [3.63, 3.8) is 0 Å². The molecule has 0 atom stereocenters. The van der Waals surface area contributed by atoms with Crippen LogP contribution >= 0.6 is 11.3 Å². The summed E-state index contributed by atoms with van der Waals surface area (Å²) in [4.78, 5) is 21.7. The lowest BCUT2D eigenvalue weighted by molar-refractivity contribution is -0.117. The third-order valence-electron chi connectivity index (χ3n) is 4.95. The summed E-state index contributed by atoms with van der Waals surface area (Å²) in [5, 5.41) is 4.12. The fourth-order valence-corrected chi connectivity index (χ4v) is 4.46. The molecule has 1 amide bonds. The molecule has 3 aromatic rings. The summed E-state index contributed by atoms with van der Waals surface area (Å²) in [6.07, 6.45) is 0. The van der Waals surface area contributed by atoms with E-state index in [1.54, 1.807) is 11.3 Å². The Balaban J connectivity index is 1.31. The fourth-order valence-electron chi connectivity index (χ4n) is 3.44. The number of piperazine rings is 1. The molecule has 1 N–H and O–H groups in total. The topological polar surface area (TPSA) is 48.5 Å². The lowest BCUT2D eigenvalue weighted by Crippen LogP contribution is -2.48. The average molecular weight is 381 g/mol. The maximum atomic E-state index is 12.4. The number of carbonyl (C=O) groups excluding carboxylic acids is 1. The smallest absolute Gasteiger partial charge is 0.238 e. The minimum atomic E-state index is 0.0513. The molecule has 1 aliphatic heterocycles. The van der Waals surface area contributed by atoms with Crippen LogP contribution in [0.25, 0.3) is 10.2 Å². The van der Waals surface area contributed by atoms with Crippen molar-refractivity contribution >= 4 is 38.3 Å². The molecule has 1 fully saturated rings. The highest BCUT2D eigenvalue weighted by atomic mass is 32.1. The van der Waals surface area contributed by atoms with Crippen LogP contribution in [0, 0.1) is 13.8 Å². The van der Waals surface area contributed by atoms with Gasteiger partial charge in [0.2, 0.25) is 5.91 Å². The number of nitrogens with zero attached hydrogens (tertiary/aromatic N) is 3. The van der Waals surface area contributed by atoms with Gasteiger partial charge in [-0.25, -0.2) is 4.98 Å². The largest absolute Gasteiger partial charge is 0.345 e. The number of para-hydroxylation sites is 1. The molecule has 1 saturated heterocycles. The van der Waals surface area contributed by atoms with E-state index < -0.39 is 0 Å². The highest BCUT2D eigenvalue weighted by Gasteiger charge is 2.21. The Morgan fingerprint density at radius 2 is 1.89 bits per heavy atom. The lowest BCUT2D eigenvalue weighted by Gasteiger charge is -2.34. The van der Waals surface area contributed by atoms with Crippen LogP contribution in [0.3, 0.4) is 0 Å². The fraction of sp³-hybridized carbons (Fsp3) is 0.333. The van der Waals surface area contributed by atoms with Gasteiger partial charge in [0.15, 0.2) is 5.13 Å². The summed E-state index contributed by atoms with van der Waals surface area (Å²) in [6.45, 7) is 8.06. The zero-order valence-corrected chi connectivity index (χ0v) is 16.6. The van der Waals surface area contributed by atoms with E-state index in [1.807, 2.05) is 25.1 Å². The number of thiazole rings is 1. The van der Waals surface area contributed by atoms with Gasteiger partial charge in [0.1, 0.15) is 0 Å². The van der Waals surface area contributed by atoms with Crippen molar-refractivity contribution < 1.29 is 4.79 Å². The second-order valence-electron chi connectivity index (χ2n) is 7.09. The summed E-state index contributed by atoms with van der Waals surface area (Å²) in [7, 11) is 0. The molecule has 140 valence electrons. The Labute approximate surface area is 163 Å². The molecule has 0 radical (unpaired) electrons. The van der Waals surface area contributed by atoms with Gasteiger partial charge in [-0.2, -0.15) is 0 Å². The van der Waals surface area contributed by atoms with E-state index in [4.69, 9.17) is 4.98 Å². The van der Waals surface area contributed by atoms with Gasteiger partial charge in [0.25, 0.3) is 0 Å². The van der Waals surface area contributed by atoms with Crippen molar-refractivity contribution in [1.82, 2.24) is 9.88 Å². The van der Waals surface area contributed by atoms with E-state index in [1.165, 1.54) is 10.3 Å². The summed E-state index contributed by atoms with van der Waals surface area (Å²) in [5.74, 6) is 0.0513. The van der Waals surface area contributed by atoms with Crippen LogP contribution in [-0.4, -0.2) is 48.5 Å². The molecule has 1 aliphatic rings. The van der Waals surface area contributed by atoms with Crippen LogP contribution in [0.4, 0.5) is 10.8 Å². The number of anilines is 2. The molecular formula is C21H24N4OS. The van der Waals surface area contributed by atoms with Gasteiger partial charge < -0.3 is 10.2 Å². The van der Waals surface area contributed by atoms with Crippen LogP contribution < -0.4 is 10.2 Å². The van der Waals surface area contributed by atoms with Crippen molar-refractivity contribution in [3.05, 3.63) is 53.6 Å². The number of hydrogen-bond donors (Lipinski definition) is 1. The summed E-state index contributed by atoms with van der Waals surface area (Å²) < 4.78 is 1.22. The highest BCUT2D eigenvalue weighted by Crippen LogP contribution is 2.29. The Kier molecular flexibility index (Phi) is 5.09. The quantitative estimate of drug-likeness (QED) is 0.750. The van der Waals surface area contributed by atoms with Crippen LogP contribution in [0.5, 0.6) is 0 Å². The number of benzene rings is 2. The molecule has 6 heteroatoms. The van der Waals surface area contributed by atoms with Gasteiger partial charge in [-0.1, -0.05) is 41.2 Å². The number of rotatable bonds is 4. The Morgan fingerprint density at radius 3 is 2.63 bits per heavy atom. The molecule has 2 aromatic carbocycles. The first kappa shape index (κ1) is 17.9. The summed E-state index contributed by atoms with van der Waals surface area (Å²) >= 11 is 1.74. The average Bonchev–Trinajstić information content (AvgIpc) is 3.09. The maximum absolute atomic E-state index is 12.4. The first-order chi connectivity index (χ1) is 13.1. The van der Waals surface area contributed by atoms with Gasteiger partial charge in [-0.3, -0.25) is 9.69 Å². The van der Waals surface area contributed by atoms with Crippen LogP contribution in [-0.2, 0) is 4.79 Å². The number of aryl methyl sites for hydroxylation is 2. The second kappa shape index (κ2) is 7.66. The van der Waals surface area contributed by atoms with Gasteiger partial charge >= 0.3 is 0 Å². The van der Waals surface area contributed by atoms with E-state index >= 15 is 0 Å². The molecule has 27 heavy (non-hydrogen) atoms. The number of fused-ring (bicyclic) bond motifs is 1. The van der Waals surface area contributed by atoms with Gasteiger partial charge in [0.05, 0.1) is 16.8 Å². The minimum Gasteiger partial charge on any atom is -0.345 e. The first-order valence-corrected chi connectivity index (χ1v) is 10.1. The molecular weight excluding hydrogens is 356 g/mol. The molecule has 4 rings (SSSR count). The van der Waals surface area contributed by atoms with Crippen molar-refractivity contribution in [2.24, 2.45) is 0 Å². The summed E-state index contributed by atoms with van der Waals surface area (Å²) in [5.41, 5.74) is 4.27. The molecule has 0 saturated carbocycles. The normalized spacial score (nSPS) is 15.3. The number of hydrogen-bond acceptors (Lipinski definition) is 5. The molecule has 5 nitrogen and oxygen atoms in total. The number of nitrogens with one attached hydrogen (secondary N) is 1. The Bertz CT molecular complexity index is 927. The third-order valence-corrected chi connectivity index (χ3v) is 6.05. The lowest BCUT2D eigenvalue weighted by atomic mass is 10.1. The SMILES string of the molecule is Cc1ccc(NC(=O)CN2CCN(c3nc4ccccc4s3)CC2)c(C)c1. The van der Waals surface area contributed by atoms with E-state index in [0.29, 0.717) is 6.54 Å². The van der Waals surface area contributed by atoms with Gasteiger partial charge in [-0.15, -0.1) is 0 Å². The monoisotopic (exact) mass is 380 g/mol. The van der Waals surface area contributed by atoms with Crippen molar-refractivity contribution in [2.45, 2.75) is 13.8 Å². The zero-order valence-electron chi connectivity index (χ0n) is 15.7. The highest BCUT2D eigenvalue weighted by molar-refractivity contribution is 7.22. The predicted molar refractivity (Wildman–Crippen MR) is 113 cm³/mol. The Hall–Kier alpha value is -2.44. The maximum Gasteiger partial charge on any atom is 0.238 e. The van der Waals surface area contributed by atoms with Crippen LogP contribution in [0.2, 0.25) is 0 Å². The van der Waals surface area contributed by atoms with Crippen molar-refractivity contribution in [1.29, 1.82) is 0 Å². The molecule has 0 aliphatic carbocycles. The zero-order chi connectivity index (χ0) is 18.8. The van der Waals surface area contributed by atoms with Crippen molar-refractivity contribution in [2.75, 3.05) is 42.9 Å². The minimum absolute atomic E-state index is 0.0513. The van der Waals surface area contributed by atoms with Gasteiger partial charge in [0, 0.05) is 31.9 Å². The molecule has 1 aromatic heterocycles. The van der Waals surface area contributed by atoms with E-state index in [9.17, 15) is 4.79 Å². The predicted octanol–water partition coefficient (Wildman–Crippen LogP) is 3.67. The van der Waals surface area contributed by atoms with E-state index in [2.05, 4.69) is 46.3 Å². The first-order valence-electron chi connectivity index (χ1n) is 9.28. The Morgan fingerprint density at radius 1 is 1.11 bits per heavy atom. The van der Waals surface area contributed by atoms with E-state index in [-0.39, 0.29) is 5.91 Å². The molecule has 2 heterocycles. The number of amides is 1. The molecule has 0 spiro atoms. The van der Waals surface area contributed by atoms with Gasteiger partial charge in [-0.05, 0) is 37.6 Å². The standard InChI is InChI=1S/C21H24N4OS/c1-15-7-8-17(16(2)13-15)22-20(26)14-24-9-11-25(12-10-24)21-23-18-5-3-4-6-19(18)27-21/h3-8,13H,9-12,14H2,1-2H3,(H,22,26). The van der Waals surface area contributed by atoms with Crippen LogP contribution in [0.1, 0.15) is 11.1 Å². The van der Waals surface area contributed by atoms with Crippen LogP contribution in [0.15, 0.2) is 42.5 Å². The van der Waals surface area contributed by atoms with E-state index in [0.717, 1.165) is 48.1 Å². The number of carbonyl (C=O) groups is 1. The molecule has 0 unspecified atom stereocenters. The number of aromatic nitrogens is 1. The summed E-state index contributed by atoms with van der Waals surface area (Å²) in [6, 6.07) is 14.3. The van der Waals surface area contributed by atoms with Crippen molar-refractivity contribution in [3.8, 4) is 0 Å².